The fraction of sp³-hybridized carbons (Fsp3) is 0.692. The Labute approximate surface area is 114 Å². The van der Waals surface area contributed by atoms with Gasteiger partial charge in [-0.25, -0.2) is 4.79 Å². The molecule has 0 fully saturated rings. The molecule has 0 bridgehead atoms. The van der Waals surface area contributed by atoms with Gasteiger partial charge in [0.15, 0.2) is 0 Å². The van der Waals surface area contributed by atoms with Crippen LogP contribution in [0.25, 0.3) is 0 Å². The van der Waals surface area contributed by atoms with E-state index in [4.69, 9.17) is 0 Å². The van der Waals surface area contributed by atoms with Gasteiger partial charge in [0.25, 0.3) is 0 Å². The van der Waals surface area contributed by atoms with E-state index in [0.29, 0.717) is 19.5 Å². The molecule has 1 unspecified atom stereocenters. The lowest BCUT2D eigenvalue weighted by molar-refractivity contribution is 0.129. The van der Waals surface area contributed by atoms with Crippen molar-refractivity contribution in [2.45, 2.75) is 39.8 Å². The topological polar surface area (TPSA) is 79.2 Å². The highest BCUT2D eigenvalue weighted by molar-refractivity contribution is 5.73. The lowest BCUT2D eigenvalue weighted by atomic mass is 9.87. The van der Waals surface area contributed by atoms with Crippen LogP contribution in [0.15, 0.2) is 12.3 Å². The van der Waals surface area contributed by atoms with Gasteiger partial charge in [0.05, 0.1) is 18.3 Å². The fourth-order valence-electron chi connectivity index (χ4n) is 2.00. The zero-order valence-corrected chi connectivity index (χ0v) is 12.1. The highest BCUT2D eigenvalue weighted by Crippen LogP contribution is 2.20. The first-order valence-corrected chi connectivity index (χ1v) is 6.47. The average molecular weight is 268 g/mol. The first kappa shape index (κ1) is 15.5. The molecule has 0 radical (unpaired) electrons. The summed E-state index contributed by atoms with van der Waals surface area (Å²) in [5, 5.41) is 19.0. The minimum absolute atomic E-state index is 0.127. The van der Waals surface area contributed by atoms with Crippen molar-refractivity contribution >= 4 is 6.03 Å². The number of aliphatic hydroxyl groups is 1. The van der Waals surface area contributed by atoms with Crippen LogP contribution in [0, 0.1) is 5.41 Å². The van der Waals surface area contributed by atoms with E-state index in [1.165, 1.54) is 0 Å². The summed E-state index contributed by atoms with van der Waals surface area (Å²) >= 11 is 0. The number of carbonyl (C=O) groups is 1. The molecular formula is C13H24N4O2. The number of nitrogens with one attached hydrogen (secondary N) is 2. The number of nitrogens with zero attached hydrogens (tertiary/aromatic N) is 2. The summed E-state index contributed by atoms with van der Waals surface area (Å²) in [7, 11) is 1.83. The number of rotatable bonds is 6. The number of aliphatic hydroxyl groups excluding tert-OH is 1. The van der Waals surface area contributed by atoms with E-state index >= 15 is 0 Å². The summed E-state index contributed by atoms with van der Waals surface area (Å²) in [6, 6.07) is 1.65. The maximum absolute atomic E-state index is 11.7. The highest BCUT2D eigenvalue weighted by atomic mass is 16.3. The van der Waals surface area contributed by atoms with Gasteiger partial charge in [-0.3, -0.25) is 4.68 Å². The molecule has 0 saturated heterocycles. The monoisotopic (exact) mass is 268 g/mol. The van der Waals surface area contributed by atoms with Crippen LogP contribution in [0.2, 0.25) is 0 Å². The number of hydrogen-bond donors (Lipinski definition) is 3. The lowest BCUT2D eigenvalue weighted by Crippen LogP contribution is -2.41. The zero-order valence-electron chi connectivity index (χ0n) is 12.1. The Hall–Kier alpha value is -1.56. The molecule has 1 aromatic heterocycles. The maximum Gasteiger partial charge on any atom is 0.315 e. The van der Waals surface area contributed by atoms with Gasteiger partial charge in [-0.05, 0) is 24.8 Å². The van der Waals surface area contributed by atoms with E-state index in [0.717, 1.165) is 5.69 Å². The molecule has 0 aromatic carbocycles. The van der Waals surface area contributed by atoms with Crippen LogP contribution in [0.1, 0.15) is 32.9 Å². The molecule has 6 nitrogen and oxygen atoms in total. The zero-order chi connectivity index (χ0) is 14.5. The molecule has 1 atom stereocenters. The largest absolute Gasteiger partial charge is 0.393 e. The van der Waals surface area contributed by atoms with Gasteiger partial charge < -0.3 is 15.7 Å². The number of hydrogen-bond acceptors (Lipinski definition) is 3. The molecule has 1 rings (SSSR count). The molecule has 0 spiro atoms. The van der Waals surface area contributed by atoms with E-state index in [9.17, 15) is 9.90 Å². The van der Waals surface area contributed by atoms with Gasteiger partial charge in [0.2, 0.25) is 0 Å². The second-order valence-electron chi connectivity index (χ2n) is 5.70. The first-order chi connectivity index (χ1) is 8.80. The van der Waals surface area contributed by atoms with Crippen LogP contribution in [-0.2, 0) is 13.6 Å². The average Bonchev–Trinajstić information content (AvgIpc) is 2.68. The molecule has 19 heavy (non-hydrogen) atoms. The fourth-order valence-corrected chi connectivity index (χ4v) is 2.00. The lowest BCUT2D eigenvalue weighted by Gasteiger charge is -2.26. The Kier molecular flexibility index (Phi) is 5.35. The molecule has 0 aliphatic carbocycles. The Morgan fingerprint density at radius 1 is 1.53 bits per heavy atom. The van der Waals surface area contributed by atoms with E-state index < -0.39 is 0 Å². The summed E-state index contributed by atoms with van der Waals surface area (Å²) in [4.78, 5) is 11.7. The number of urea groups is 1. The molecule has 6 heteroatoms. The van der Waals surface area contributed by atoms with Crippen molar-refractivity contribution in [3.05, 3.63) is 18.0 Å². The second-order valence-corrected chi connectivity index (χ2v) is 5.70. The summed E-state index contributed by atoms with van der Waals surface area (Å²) in [6.07, 6.45) is 1.98. The first-order valence-electron chi connectivity index (χ1n) is 6.47. The quantitative estimate of drug-likeness (QED) is 0.720. The normalized spacial score (nSPS) is 13.1. The van der Waals surface area contributed by atoms with Gasteiger partial charge in [-0.1, -0.05) is 13.8 Å². The summed E-state index contributed by atoms with van der Waals surface area (Å²) in [5.74, 6) is 0. The summed E-state index contributed by atoms with van der Waals surface area (Å²) < 4.78 is 1.72. The van der Waals surface area contributed by atoms with Crippen LogP contribution in [0.3, 0.4) is 0 Å². The predicted octanol–water partition coefficient (Wildman–Crippen LogP) is 1.02. The van der Waals surface area contributed by atoms with Gasteiger partial charge in [-0.2, -0.15) is 5.10 Å². The van der Waals surface area contributed by atoms with Crippen molar-refractivity contribution in [1.82, 2.24) is 20.4 Å². The van der Waals surface area contributed by atoms with Crippen molar-refractivity contribution in [3.63, 3.8) is 0 Å². The SMILES string of the molecule is CC(O)CC(C)(C)CNC(=O)NCc1ccnn1C. The van der Waals surface area contributed by atoms with Gasteiger partial charge in [0, 0.05) is 19.8 Å². The molecule has 1 aromatic rings. The van der Waals surface area contributed by atoms with Crippen molar-refractivity contribution in [2.24, 2.45) is 12.5 Å². The van der Waals surface area contributed by atoms with Crippen molar-refractivity contribution in [1.29, 1.82) is 0 Å². The van der Waals surface area contributed by atoms with Crippen molar-refractivity contribution in [3.8, 4) is 0 Å². The maximum atomic E-state index is 11.7. The predicted molar refractivity (Wildman–Crippen MR) is 73.5 cm³/mol. The second kappa shape index (κ2) is 6.56. The van der Waals surface area contributed by atoms with E-state index in [2.05, 4.69) is 15.7 Å². The molecule has 0 aliphatic rings. The van der Waals surface area contributed by atoms with E-state index in [1.54, 1.807) is 17.8 Å². The summed E-state index contributed by atoms with van der Waals surface area (Å²) in [6.45, 7) is 6.75. The highest BCUT2D eigenvalue weighted by Gasteiger charge is 2.20. The third kappa shape index (κ3) is 5.74. The van der Waals surface area contributed by atoms with E-state index in [1.807, 2.05) is 27.0 Å². The molecule has 2 amide bonds. The van der Waals surface area contributed by atoms with Crippen LogP contribution in [0.4, 0.5) is 4.79 Å². The Morgan fingerprint density at radius 3 is 2.74 bits per heavy atom. The number of carbonyl (C=O) groups excluding carboxylic acids is 1. The molecule has 3 N–H and O–H groups in total. The summed E-state index contributed by atoms with van der Waals surface area (Å²) in [5.41, 5.74) is 0.816. The van der Waals surface area contributed by atoms with Gasteiger partial charge in [0.1, 0.15) is 0 Å². The smallest absolute Gasteiger partial charge is 0.315 e. The number of aryl methyl sites for hydroxylation is 1. The number of amides is 2. The third-order valence-electron chi connectivity index (χ3n) is 2.93. The standard InChI is InChI=1S/C13H24N4O2/c1-10(18)7-13(2,3)9-15-12(19)14-8-11-5-6-16-17(11)4/h5-6,10,18H,7-9H2,1-4H3,(H2,14,15,19). The van der Waals surface area contributed by atoms with Gasteiger partial charge >= 0.3 is 6.03 Å². The van der Waals surface area contributed by atoms with Crippen LogP contribution in [0.5, 0.6) is 0 Å². The van der Waals surface area contributed by atoms with Gasteiger partial charge in [-0.15, -0.1) is 0 Å². The minimum atomic E-state index is -0.366. The van der Waals surface area contributed by atoms with Crippen LogP contribution >= 0.6 is 0 Å². The Bertz CT molecular complexity index is 413. The molecular weight excluding hydrogens is 244 g/mol. The minimum Gasteiger partial charge on any atom is -0.393 e. The van der Waals surface area contributed by atoms with Crippen molar-refractivity contribution < 1.29 is 9.90 Å². The van der Waals surface area contributed by atoms with Crippen molar-refractivity contribution in [2.75, 3.05) is 6.54 Å². The van der Waals surface area contributed by atoms with E-state index in [-0.39, 0.29) is 17.6 Å². The van der Waals surface area contributed by atoms with Crippen LogP contribution in [-0.4, -0.2) is 33.6 Å². The third-order valence-corrected chi connectivity index (χ3v) is 2.93. The molecule has 1 heterocycles. The number of aromatic nitrogens is 2. The van der Waals surface area contributed by atoms with Crippen LogP contribution < -0.4 is 10.6 Å². The molecule has 0 saturated carbocycles. The molecule has 0 aliphatic heterocycles. The Morgan fingerprint density at radius 2 is 2.21 bits per heavy atom. The molecule has 108 valence electrons. The Balaban J connectivity index is 2.30.